The van der Waals surface area contributed by atoms with Gasteiger partial charge in [-0.3, -0.25) is 0 Å². The van der Waals surface area contributed by atoms with Crippen molar-refractivity contribution in [2.45, 2.75) is 0 Å². The van der Waals surface area contributed by atoms with Gasteiger partial charge in [-0.05, 0) is 0 Å². The molecule has 0 saturated heterocycles. The van der Waals surface area contributed by atoms with Crippen molar-refractivity contribution < 1.29 is 50.5 Å². The van der Waals surface area contributed by atoms with Crippen molar-refractivity contribution in [2.75, 3.05) is 13.1 Å². The van der Waals surface area contributed by atoms with Crippen molar-refractivity contribution in [1.82, 2.24) is 0 Å². The maximum Gasteiger partial charge on any atom is 4.00 e. The Labute approximate surface area is 74.8 Å². The maximum absolute atomic E-state index is 6.26. The molecule has 0 saturated carbocycles. The van der Waals surface area contributed by atoms with Crippen LogP contribution in [0.15, 0.2) is 0 Å². The molecule has 0 unspecified atom stereocenters. The number of rotatable bonds is 1. The van der Waals surface area contributed by atoms with Crippen molar-refractivity contribution in [1.29, 1.82) is 0 Å². The Kier molecular flexibility index (Phi) is 89.4. The summed E-state index contributed by atoms with van der Waals surface area (Å²) in [6.45, 7) is 0.472. The minimum Gasteiger partial charge on any atom is -1.00 e. The van der Waals surface area contributed by atoms with Gasteiger partial charge in [0.05, 0.1) is 0 Å². The standard InChI is InChI=1S/C2H6N2.BrH.ClH.Pt/c3-1-2-4;;;/h3-4H,1-2H2;2*1H;/q-2;;;+4/p-2. The van der Waals surface area contributed by atoms with Crippen LogP contribution >= 0.6 is 0 Å². The SMILES string of the molecule is [Br-].[Cl-].[NH-]CC[NH-].[Pt+4]. The van der Waals surface area contributed by atoms with E-state index in [0.717, 1.165) is 0 Å². The number of halogens is 2. The molecule has 0 atom stereocenters. The van der Waals surface area contributed by atoms with Crippen LogP contribution in [0.4, 0.5) is 0 Å². The summed E-state index contributed by atoms with van der Waals surface area (Å²) in [6.07, 6.45) is 0. The van der Waals surface area contributed by atoms with Crippen molar-refractivity contribution in [3.8, 4) is 0 Å². The van der Waals surface area contributed by atoms with Gasteiger partial charge >= 0.3 is 21.1 Å². The van der Waals surface area contributed by atoms with Crippen LogP contribution in [0, 0.1) is 0 Å². The maximum atomic E-state index is 6.26. The van der Waals surface area contributed by atoms with Gasteiger partial charge in [0, 0.05) is 0 Å². The molecule has 48 valence electrons. The Morgan fingerprint density at radius 3 is 1.14 bits per heavy atom. The molecular weight excluding hydrogens is 362 g/mol. The molecule has 0 bridgehead atoms. The van der Waals surface area contributed by atoms with E-state index in [1.54, 1.807) is 0 Å². The van der Waals surface area contributed by atoms with Gasteiger partial charge < -0.3 is 40.9 Å². The normalized spacial score (nSPS) is 4.29. The fourth-order valence-electron chi connectivity index (χ4n) is 0. The molecule has 5 heteroatoms. The monoisotopic (exact) mass is 367 g/mol. The first-order chi connectivity index (χ1) is 1.91. The number of nitrogens with one attached hydrogen (secondary N) is 2. The third kappa shape index (κ3) is 37.7. The Morgan fingerprint density at radius 1 is 1.00 bits per heavy atom. The van der Waals surface area contributed by atoms with Gasteiger partial charge in [-0.15, -0.1) is 0 Å². The molecule has 0 aromatic rings. The first-order valence-electron chi connectivity index (χ1n) is 1.21. The molecule has 0 aliphatic heterocycles. The van der Waals surface area contributed by atoms with Gasteiger partial charge in [-0.1, -0.05) is 0 Å². The Morgan fingerprint density at radius 2 is 1.14 bits per heavy atom. The summed E-state index contributed by atoms with van der Waals surface area (Å²) < 4.78 is 0. The molecule has 0 fully saturated rings. The summed E-state index contributed by atoms with van der Waals surface area (Å²) in [6, 6.07) is 0. The molecule has 0 heterocycles. The summed E-state index contributed by atoms with van der Waals surface area (Å²) in [5.74, 6) is 0. The largest absolute Gasteiger partial charge is 4.00 e. The van der Waals surface area contributed by atoms with Crippen LogP contribution in [-0.2, 0) is 21.1 Å². The Bertz CT molecular complexity index is 17.7. The molecule has 7 heavy (non-hydrogen) atoms. The zero-order valence-electron chi connectivity index (χ0n) is 3.49. The van der Waals surface area contributed by atoms with E-state index in [4.69, 9.17) is 11.5 Å². The van der Waals surface area contributed by atoms with E-state index in [0.29, 0.717) is 0 Å². The Balaban J connectivity index is -0.0000000150. The summed E-state index contributed by atoms with van der Waals surface area (Å²) in [5.41, 5.74) is 12.5. The van der Waals surface area contributed by atoms with Crippen LogP contribution in [0.2, 0.25) is 0 Å². The quantitative estimate of drug-likeness (QED) is 0.446. The van der Waals surface area contributed by atoms with Crippen molar-refractivity contribution in [3.63, 3.8) is 0 Å². The van der Waals surface area contributed by atoms with E-state index < -0.39 is 0 Å². The van der Waals surface area contributed by atoms with Crippen molar-refractivity contribution >= 4 is 0 Å². The molecule has 0 aromatic heterocycles. The van der Waals surface area contributed by atoms with Crippen LogP contribution in [0.1, 0.15) is 0 Å². The van der Waals surface area contributed by atoms with Crippen LogP contribution in [-0.4, -0.2) is 13.1 Å². The topological polar surface area (TPSA) is 47.6 Å². The predicted octanol–water partition coefficient (Wildman–Crippen LogP) is -4.90. The molecule has 0 aliphatic rings. The molecule has 0 radical (unpaired) electrons. The molecule has 0 amide bonds. The van der Waals surface area contributed by atoms with Crippen LogP contribution in [0.25, 0.3) is 11.5 Å². The second kappa shape index (κ2) is 26.3. The summed E-state index contributed by atoms with van der Waals surface area (Å²) in [7, 11) is 0. The van der Waals surface area contributed by atoms with Gasteiger partial charge in [0.15, 0.2) is 0 Å². The molecule has 0 aromatic carbocycles. The molecule has 2 nitrogen and oxygen atoms in total. The second-order valence-electron chi connectivity index (χ2n) is 0.500. The molecule has 0 aliphatic carbocycles. The summed E-state index contributed by atoms with van der Waals surface area (Å²) in [5, 5.41) is 0. The van der Waals surface area contributed by atoms with Gasteiger partial charge in [-0.25, -0.2) is 0 Å². The number of hydrogen-bond acceptors (Lipinski definition) is 0. The Hall–Kier alpha value is 1.38. The average Bonchev–Trinajstić information content (AvgIpc) is 1.37. The summed E-state index contributed by atoms with van der Waals surface area (Å²) >= 11 is 0. The van der Waals surface area contributed by atoms with E-state index in [9.17, 15) is 0 Å². The van der Waals surface area contributed by atoms with Gasteiger partial charge in [-0.2, -0.15) is 13.1 Å². The van der Waals surface area contributed by atoms with Crippen molar-refractivity contribution in [2.24, 2.45) is 0 Å². The molecule has 0 rings (SSSR count). The van der Waals surface area contributed by atoms with Crippen LogP contribution in [0.3, 0.4) is 0 Å². The van der Waals surface area contributed by atoms with E-state index in [2.05, 4.69) is 0 Å². The van der Waals surface area contributed by atoms with Gasteiger partial charge in [0.2, 0.25) is 0 Å². The van der Waals surface area contributed by atoms with Crippen LogP contribution < -0.4 is 29.4 Å². The third-order valence-corrected chi connectivity index (χ3v) is 0.125. The average molecular weight is 369 g/mol. The summed E-state index contributed by atoms with van der Waals surface area (Å²) in [4.78, 5) is 0. The molecular formula is C2H6BrClN2Pt. The smallest absolute Gasteiger partial charge is 1.00 e. The zero-order chi connectivity index (χ0) is 3.41. The molecule has 0 spiro atoms. The van der Waals surface area contributed by atoms with Gasteiger partial charge in [0.25, 0.3) is 0 Å². The van der Waals surface area contributed by atoms with Crippen LogP contribution in [0.5, 0.6) is 0 Å². The first kappa shape index (κ1) is 23.8. The van der Waals surface area contributed by atoms with E-state index in [1.807, 2.05) is 0 Å². The van der Waals surface area contributed by atoms with E-state index >= 15 is 0 Å². The molecule has 2 N–H and O–H groups in total. The van der Waals surface area contributed by atoms with Crippen molar-refractivity contribution in [3.05, 3.63) is 11.5 Å². The predicted molar refractivity (Wildman–Crippen MR) is 18.4 cm³/mol. The minimum atomic E-state index is 0. The van der Waals surface area contributed by atoms with E-state index in [-0.39, 0.29) is 63.5 Å². The number of hydrogen-bond donors (Lipinski definition) is 0. The van der Waals surface area contributed by atoms with Gasteiger partial charge in [0.1, 0.15) is 0 Å². The first-order valence-corrected chi connectivity index (χ1v) is 1.21. The second-order valence-corrected chi connectivity index (χ2v) is 0.500. The minimum absolute atomic E-state index is 0. The zero-order valence-corrected chi connectivity index (χ0v) is 8.10. The fourth-order valence-corrected chi connectivity index (χ4v) is 0. The fraction of sp³-hybridized carbons (Fsp3) is 1.00. The third-order valence-electron chi connectivity index (χ3n) is 0.125. The van der Waals surface area contributed by atoms with E-state index in [1.165, 1.54) is 0 Å².